The van der Waals surface area contributed by atoms with Crippen molar-refractivity contribution in [2.24, 2.45) is 0 Å². The molecule has 0 saturated heterocycles. The second-order valence-electron chi connectivity index (χ2n) is 1.82. The molecule has 0 bridgehead atoms. The molecule has 60 valence electrons. The van der Waals surface area contributed by atoms with E-state index in [-0.39, 0.29) is 13.2 Å². The van der Waals surface area contributed by atoms with Gasteiger partial charge < -0.3 is 9.57 Å². The summed E-state index contributed by atoms with van der Waals surface area (Å²) in [6.45, 7) is 0.509. The number of ether oxygens (including phenoxy) is 1. The minimum absolute atomic E-state index is 0.0232. The van der Waals surface area contributed by atoms with Gasteiger partial charge >= 0.3 is 6.47 Å². The fourth-order valence-corrected chi connectivity index (χ4v) is 0.634. The van der Waals surface area contributed by atoms with Gasteiger partial charge in [-0.3, -0.25) is 9.59 Å². The number of amides is 1. The molecule has 11 heavy (non-hydrogen) atoms. The largest absolute Gasteiger partial charge is 0.354 e. The zero-order chi connectivity index (χ0) is 8.10. The molecule has 1 rings (SSSR count). The molecule has 1 amide bonds. The van der Waals surface area contributed by atoms with Crippen LogP contribution in [-0.2, 0) is 19.2 Å². The van der Waals surface area contributed by atoms with Crippen molar-refractivity contribution < 1.29 is 19.2 Å². The fourth-order valence-electron chi connectivity index (χ4n) is 0.634. The lowest BCUT2D eigenvalue weighted by atomic mass is 10.5. The minimum atomic E-state index is -0.394. The Morgan fingerprint density at radius 2 is 2.55 bits per heavy atom. The molecule has 0 aromatic heterocycles. The first-order chi connectivity index (χ1) is 5.34. The number of hydrogen-bond donors (Lipinski definition) is 0. The second-order valence-corrected chi connectivity index (χ2v) is 1.82. The van der Waals surface area contributed by atoms with Crippen LogP contribution in [0.3, 0.4) is 0 Å². The van der Waals surface area contributed by atoms with Gasteiger partial charge in [-0.15, -0.1) is 5.06 Å². The molecular weight excluding hydrogens is 150 g/mol. The Balaban J connectivity index is 2.54. The number of hydrogen-bond acceptors (Lipinski definition) is 4. The lowest BCUT2D eigenvalue weighted by Gasteiger charge is -2.13. The van der Waals surface area contributed by atoms with Crippen molar-refractivity contribution in [2.45, 2.75) is 0 Å². The summed E-state index contributed by atoms with van der Waals surface area (Å²) in [5.74, 6) is -0.394. The van der Waals surface area contributed by atoms with Crippen LogP contribution in [-0.4, -0.2) is 30.8 Å². The maximum absolute atomic E-state index is 10.9. The van der Waals surface area contributed by atoms with Gasteiger partial charge in [0, 0.05) is 6.08 Å². The molecule has 5 heteroatoms. The van der Waals surface area contributed by atoms with E-state index in [1.54, 1.807) is 6.08 Å². The van der Waals surface area contributed by atoms with Gasteiger partial charge in [-0.25, -0.2) is 0 Å². The third-order valence-corrected chi connectivity index (χ3v) is 1.10. The first-order valence-corrected chi connectivity index (χ1v) is 3.01. The summed E-state index contributed by atoms with van der Waals surface area (Å²) >= 11 is 0. The smallest absolute Gasteiger partial charge is 0.321 e. The van der Waals surface area contributed by atoms with Crippen LogP contribution in [0, 0.1) is 0 Å². The van der Waals surface area contributed by atoms with Crippen molar-refractivity contribution in [3.05, 3.63) is 12.2 Å². The van der Waals surface area contributed by atoms with Crippen LogP contribution in [0.2, 0.25) is 0 Å². The van der Waals surface area contributed by atoms with Crippen molar-refractivity contribution in [1.82, 2.24) is 5.06 Å². The fraction of sp³-hybridized carbons (Fsp3) is 0.333. The molecule has 0 aliphatic carbocycles. The molecule has 0 N–H and O–H groups in total. The van der Waals surface area contributed by atoms with Crippen molar-refractivity contribution in [3.8, 4) is 0 Å². The lowest BCUT2D eigenvalue weighted by Crippen LogP contribution is -2.30. The molecule has 1 heterocycles. The maximum atomic E-state index is 10.9. The number of hydroxylamine groups is 2. The maximum Gasteiger partial charge on any atom is 0.321 e. The summed E-state index contributed by atoms with van der Waals surface area (Å²) in [7, 11) is 0. The highest BCUT2D eigenvalue weighted by Gasteiger charge is 2.13. The Hall–Kier alpha value is -1.36. The molecule has 0 aromatic rings. The SMILES string of the molecule is O=CON1COCC=CC1=O. The Morgan fingerprint density at radius 3 is 3.27 bits per heavy atom. The van der Waals surface area contributed by atoms with Crippen molar-refractivity contribution in [1.29, 1.82) is 0 Å². The first kappa shape index (κ1) is 7.74. The third-order valence-electron chi connectivity index (χ3n) is 1.10. The highest BCUT2D eigenvalue weighted by molar-refractivity contribution is 5.87. The van der Waals surface area contributed by atoms with E-state index in [2.05, 4.69) is 4.84 Å². The van der Waals surface area contributed by atoms with Crippen LogP contribution < -0.4 is 0 Å². The van der Waals surface area contributed by atoms with Crippen LogP contribution in [0.15, 0.2) is 12.2 Å². The van der Waals surface area contributed by atoms with E-state index in [1.807, 2.05) is 0 Å². The molecule has 0 spiro atoms. The Labute approximate surface area is 63.1 Å². The van der Waals surface area contributed by atoms with Gasteiger partial charge in [0.25, 0.3) is 5.91 Å². The first-order valence-electron chi connectivity index (χ1n) is 3.01. The highest BCUT2D eigenvalue weighted by Crippen LogP contribution is 1.97. The third kappa shape index (κ3) is 2.05. The molecule has 0 aromatic carbocycles. The number of carbonyl (C=O) groups is 2. The molecule has 1 aliphatic rings. The zero-order valence-electron chi connectivity index (χ0n) is 5.73. The van der Waals surface area contributed by atoms with Gasteiger partial charge in [-0.05, 0) is 0 Å². The summed E-state index contributed by atoms with van der Waals surface area (Å²) in [5.41, 5.74) is 0. The molecule has 0 fully saturated rings. The monoisotopic (exact) mass is 157 g/mol. The number of nitrogens with zero attached hydrogens (tertiary/aromatic N) is 1. The Morgan fingerprint density at radius 1 is 1.73 bits per heavy atom. The van der Waals surface area contributed by atoms with Crippen molar-refractivity contribution in [2.75, 3.05) is 13.3 Å². The molecule has 0 radical (unpaired) electrons. The number of rotatable bonds is 2. The van der Waals surface area contributed by atoms with Gasteiger partial charge in [0.2, 0.25) is 0 Å². The van der Waals surface area contributed by atoms with Crippen LogP contribution in [0.25, 0.3) is 0 Å². The topological polar surface area (TPSA) is 55.8 Å². The summed E-state index contributed by atoms with van der Waals surface area (Å²) in [6.07, 6.45) is 2.84. The van der Waals surface area contributed by atoms with E-state index >= 15 is 0 Å². The van der Waals surface area contributed by atoms with E-state index in [4.69, 9.17) is 4.74 Å². The lowest BCUT2D eigenvalue weighted by molar-refractivity contribution is -0.199. The average Bonchev–Trinajstić information content (AvgIpc) is 2.18. The molecular formula is C6H7NO4. The predicted molar refractivity (Wildman–Crippen MR) is 34.0 cm³/mol. The van der Waals surface area contributed by atoms with Crippen molar-refractivity contribution in [3.63, 3.8) is 0 Å². The molecule has 1 aliphatic heterocycles. The van der Waals surface area contributed by atoms with E-state index < -0.39 is 5.91 Å². The summed E-state index contributed by atoms with van der Waals surface area (Å²) in [5, 5.41) is 0.830. The van der Waals surface area contributed by atoms with Crippen LogP contribution in [0.4, 0.5) is 0 Å². The Kier molecular flexibility index (Phi) is 2.62. The van der Waals surface area contributed by atoms with E-state index in [9.17, 15) is 9.59 Å². The molecule has 0 saturated carbocycles. The van der Waals surface area contributed by atoms with Gasteiger partial charge in [0.05, 0.1) is 6.61 Å². The van der Waals surface area contributed by atoms with Crippen LogP contribution in [0.5, 0.6) is 0 Å². The van der Waals surface area contributed by atoms with E-state index in [0.29, 0.717) is 6.61 Å². The van der Waals surface area contributed by atoms with E-state index in [0.717, 1.165) is 5.06 Å². The standard InChI is InChI=1S/C6H7NO4/c8-5-11-7-4-10-3-1-2-6(7)9/h1-2,5H,3-4H2. The average molecular weight is 157 g/mol. The highest BCUT2D eigenvalue weighted by atomic mass is 16.7. The van der Waals surface area contributed by atoms with Crippen LogP contribution in [0.1, 0.15) is 0 Å². The van der Waals surface area contributed by atoms with Gasteiger partial charge in [0.15, 0.2) is 6.73 Å². The molecule has 0 atom stereocenters. The minimum Gasteiger partial charge on any atom is -0.354 e. The number of carbonyl (C=O) groups excluding carboxylic acids is 2. The molecule has 0 unspecified atom stereocenters. The van der Waals surface area contributed by atoms with E-state index in [1.165, 1.54) is 6.08 Å². The predicted octanol–water partition coefficient (Wildman–Crippen LogP) is -0.553. The summed E-state index contributed by atoms with van der Waals surface area (Å²) in [4.78, 5) is 25.0. The Bertz CT molecular complexity index is 189. The summed E-state index contributed by atoms with van der Waals surface area (Å²) < 4.78 is 4.86. The van der Waals surface area contributed by atoms with Crippen molar-refractivity contribution >= 4 is 12.4 Å². The van der Waals surface area contributed by atoms with Gasteiger partial charge in [0.1, 0.15) is 0 Å². The van der Waals surface area contributed by atoms with Gasteiger partial charge in [-0.2, -0.15) is 0 Å². The zero-order valence-corrected chi connectivity index (χ0v) is 5.73. The second kappa shape index (κ2) is 3.72. The van der Waals surface area contributed by atoms with Crippen LogP contribution >= 0.6 is 0 Å². The summed E-state index contributed by atoms with van der Waals surface area (Å²) in [6, 6.07) is 0. The van der Waals surface area contributed by atoms with Gasteiger partial charge in [-0.1, -0.05) is 6.08 Å². The quantitative estimate of drug-likeness (QED) is 0.504. The molecule has 5 nitrogen and oxygen atoms in total. The normalized spacial score (nSPS) is 17.8.